The lowest BCUT2D eigenvalue weighted by Gasteiger charge is -2.27. The SMILES string of the molecule is CCCn1nncc1C(N)C1CCCCO1. The average molecular weight is 224 g/mol. The van der Waals surface area contributed by atoms with Crippen LogP contribution >= 0.6 is 0 Å². The smallest absolute Gasteiger partial charge is 0.0783 e. The molecule has 1 aromatic rings. The second-order valence-electron chi connectivity index (χ2n) is 4.31. The summed E-state index contributed by atoms with van der Waals surface area (Å²) < 4.78 is 7.59. The maximum atomic E-state index is 6.22. The summed E-state index contributed by atoms with van der Waals surface area (Å²) in [7, 11) is 0. The highest BCUT2D eigenvalue weighted by molar-refractivity contribution is 5.04. The van der Waals surface area contributed by atoms with E-state index in [9.17, 15) is 0 Å². The van der Waals surface area contributed by atoms with Gasteiger partial charge in [-0.05, 0) is 25.7 Å². The molecule has 1 fully saturated rings. The van der Waals surface area contributed by atoms with Crippen LogP contribution in [0.3, 0.4) is 0 Å². The Morgan fingerprint density at radius 1 is 1.62 bits per heavy atom. The molecule has 1 saturated heterocycles. The third-order valence-electron chi connectivity index (χ3n) is 3.04. The minimum Gasteiger partial charge on any atom is -0.376 e. The molecule has 1 aromatic heterocycles. The molecule has 0 radical (unpaired) electrons. The number of aryl methyl sites for hydroxylation is 1. The van der Waals surface area contributed by atoms with E-state index in [-0.39, 0.29) is 12.1 Å². The summed E-state index contributed by atoms with van der Waals surface area (Å²) in [5.74, 6) is 0. The number of hydrogen-bond donors (Lipinski definition) is 1. The molecule has 16 heavy (non-hydrogen) atoms. The molecule has 0 aliphatic carbocycles. The van der Waals surface area contributed by atoms with Gasteiger partial charge in [-0.25, -0.2) is 4.68 Å². The van der Waals surface area contributed by atoms with Crippen LogP contribution < -0.4 is 5.73 Å². The van der Waals surface area contributed by atoms with Crippen molar-refractivity contribution in [1.29, 1.82) is 0 Å². The molecular weight excluding hydrogens is 204 g/mol. The van der Waals surface area contributed by atoms with Gasteiger partial charge in [0.1, 0.15) is 0 Å². The van der Waals surface area contributed by atoms with E-state index in [1.54, 1.807) is 6.20 Å². The van der Waals surface area contributed by atoms with Crippen molar-refractivity contribution in [2.45, 2.75) is 51.3 Å². The second kappa shape index (κ2) is 5.41. The first-order valence-electron chi connectivity index (χ1n) is 6.08. The van der Waals surface area contributed by atoms with Crippen molar-refractivity contribution >= 4 is 0 Å². The Hall–Kier alpha value is -0.940. The fourth-order valence-corrected chi connectivity index (χ4v) is 2.15. The van der Waals surface area contributed by atoms with E-state index in [1.165, 1.54) is 6.42 Å². The monoisotopic (exact) mass is 224 g/mol. The predicted octanol–water partition coefficient (Wildman–Crippen LogP) is 1.26. The fourth-order valence-electron chi connectivity index (χ4n) is 2.15. The van der Waals surface area contributed by atoms with Gasteiger partial charge in [0.05, 0.1) is 24.0 Å². The van der Waals surface area contributed by atoms with Crippen LogP contribution in [0.5, 0.6) is 0 Å². The van der Waals surface area contributed by atoms with Crippen molar-refractivity contribution in [3.05, 3.63) is 11.9 Å². The number of rotatable bonds is 4. The molecule has 1 aliphatic rings. The van der Waals surface area contributed by atoms with Gasteiger partial charge in [-0.1, -0.05) is 12.1 Å². The lowest BCUT2D eigenvalue weighted by molar-refractivity contribution is -0.00162. The van der Waals surface area contributed by atoms with Gasteiger partial charge in [-0.15, -0.1) is 5.10 Å². The van der Waals surface area contributed by atoms with E-state index < -0.39 is 0 Å². The van der Waals surface area contributed by atoms with Crippen LogP contribution in [0.2, 0.25) is 0 Å². The maximum Gasteiger partial charge on any atom is 0.0783 e. The molecule has 0 saturated carbocycles. The van der Waals surface area contributed by atoms with Crippen LogP contribution in [0.4, 0.5) is 0 Å². The standard InChI is InChI=1S/C11H20N4O/c1-2-6-15-9(8-13-14-15)11(12)10-5-3-4-7-16-10/h8,10-11H,2-7,12H2,1H3. The van der Waals surface area contributed by atoms with Crippen LogP contribution in [0.15, 0.2) is 6.20 Å². The van der Waals surface area contributed by atoms with Crippen molar-refractivity contribution in [2.75, 3.05) is 6.61 Å². The lowest BCUT2D eigenvalue weighted by atomic mass is 10.0. The fraction of sp³-hybridized carbons (Fsp3) is 0.818. The molecule has 2 heterocycles. The van der Waals surface area contributed by atoms with Crippen LogP contribution in [0.1, 0.15) is 44.3 Å². The van der Waals surface area contributed by atoms with Crippen molar-refractivity contribution in [2.24, 2.45) is 5.73 Å². The van der Waals surface area contributed by atoms with Gasteiger partial charge in [0, 0.05) is 13.2 Å². The van der Waals surface area contributed by atoms with Crippen LogP contribution in [0.25, 0.3) is 0 Å². The van der Waals surface area contributed by atoms with E-state index in [4.69, 9.17) is 10.5 Å². The molecule has 90 valence electrons. The van der Waals surface area contributed by atoms with E-state index >= 15 is 0 Å². The normalized spacial score (nSPS) is 23.2. The maximum absolute atomic E-state index is 6.22. The summed E-state index contributed by atoms with van der Waals surface area (Å²) in [6.07, 6.45) is 6.32. The zero-order valence-corrected chi connectivity index (χ0v) is 9.80. The Morgan fingerprint density at radius 2 is 2.50 bits per heavy atom. The van der Waals surface area contributed by atoms with Crippen molar-refractivity contribution < 1.29 is 4.74 Å². The largest absolute Gasteiger partial charge is 0.376 e. The van der Waals surface area contributed by atoms with Crippen LogP contribution in [-0.4, -0.2) is 27.7 Å². The first-order valence-corrected chi connectivity index (χ1v) is 6.08. The zero-order valence-electron chi connectivity index (χ0n) is 9.80. The molecule has 1 aliphatic heterocycles. The third-order valence-corrected chi connectivity index (χ3v) is 3.04. The Labute approximate surface area is 96.0 Å². The molecule has 0 aromatic carbocycles. The molecule has 0 spiro atoms. The summed E-state index contributed by atoms with van der Waals surface area (Å²) in [5, 5.41) is 7.99. The van der Waals surface area contributed by atoms with Gasteiger partial charge < -0.3 is 10.5 Å². The van der Waals surface area contributed by atoms with E-state index in [0.717, 1.165) is 38.1 Å². The number of nitrogens with zero attached hydrogens (tertiary/aromatic N) is 3. The summed E-state index contributed by atoms with van der Waals surface area (Å²) in [5.41, 5.74) is 7.21. The lowest BCUT2D eigenvalue weighted by Crippen LogP contribution is -2.33. The predicted molar refractivity (Wildman–Crippen MR) is 60.8 cm³/mol. The number of ether oxygens (including phenoxy) is 1. The van der Waals surface area contributed by atoms with E-state index in [2.05, 4.69) is 17.2 Å². The highest BCUT2D eigenvalue weighted by Gasteiger charge is 2.25. The minimum absolute atomic E-state index is 0.0955. The molecular formula is C11H20N4O. The van der Waals surface area contributed by atoms with Gasteiger partial charge >= 0.3 is 0 Å². The number of hydrogen-bond acceptors (Lipinski definition) is 4. The Balaban J connectivity index is 2.06. The van der Waals surface area contributed by atoms with Gasteiger partial charge in [0.25, 0.3) is 0 Å². The highest BCUT2D eigenvalue weighted by Crippen LogP contribution is 2.23. The minimum atomic E-state index is -0.0955. The third kappa shape index (κ3) is 2.41. The molecule has 5 heteroatoms. The summed E-state index contributed by atoms with van der Waals surface area (Å²) in [6, 6.07) is -0.0955. The van der Waals surface area contributed by atoms with E-state index in [0.29, 0.717) is 0 Å². The molecule has 5 nitrogen and oxygen atoms in total. The zero-order chi connectivity index (χ0) is 11.4. The second-order valence-corrected chi connectivity index (χ2v) is 4.31. The Morgan fingerprint density at radius 3 is 3.19 bits per heavy atom. The highest BCUT2D eigenvalue weighted by atomic mass is 16.5. The molecule has 2 rings (SSSR count). The summed E-state index contributed by atoms with van der Waals surface area (Å²) >= 11 is 0. The van der Waals surface area contributed by atoms with Gasteiger partial charge in [-0.3, -0.25) is 0 Å². The van der Waals surface area contributed by atoms with Crippen LogP contribution in [0, 0.1) is 0 Å². The first-order chi connectivity index (χ1) is 7.83. The Bertz CT molecular complexity index is 320. The van der Waals surface area contributed by atoms with Crippen molar-refractivity contribution in [1.82, 2.24) is 15.0 Å². The summed E-state index contributed by atoms with van der Waals surface area (Å²) in [4.78, 5) is 0. The van der Waals surface area contributed by atoms with Gasteiger partial charge in [-0.2, -0.15) is 0 Å². The molecule has 0 bridgehead atoms. The van der Waals surface area contributed by atoms with Gasteiger partial charge in [0.15, 0.2) is 0 Å². The molecule has 2 unspecified atom stereocenters. The number of aromatic nitrogens is 3. The Kier molecular flexibility index (Phi) is 3.90. The quantitative estimate of drug-likeness (QED) is 0.836. The summed E-state index contributed by atoms with van der Waals surface area (Å²) in [6.45, 7) is 3.82. The van der Waals surface area contributed by atoms with Gasteiger partial charge in [0.2, 0.25) is 0 Å². The van der Waals surface area contributed by atoms with Crippen molar-refractivity contribution in [3.8, 4) is 0 Å². The van der Waals surface area contributed by atoms with Crippen LogP contribution in [-0.2, 0) is 11.3 Å². The first kappa shape index (κ1) is 11.5. The molecule has 2 N–H and O–H groups in total. The number of nitrogens with two attached hydrogens (primary N) is 1. The van der Waals surface area contributed by atoms with E-state index in [1.807, 2.05) is 4.68 Å². The topological polar surface area (TPSA) is 66.0 Å². The van der Waals surface area contributed by atoms with Crippen molar-refractivity contribution in [3.63, 3.8) is 0 Å². The average Bonchev–Trinajstić information content (AvgIpc) is 2.78. The molecule has 0 amide bonds. The molecule has 2 atom stereocenters.